The van der Waals surface area contributed by atoms with E-state index in [9.17, 15) is 4.79 Å². The molecule has 4 aliphatic carbocycles. The first kappa shape index (κ1) is 15.6. The Labute approximate surface area is 142 Å². The first-order valence-corrected chi connectivity index (χ1v) is 9.83. The third-order valence-corrected chi connectivity index (χ3v) is 7.21. The zero-order valence-corrected chi connectivity index (χ0v) is 15.1. The molecule has 0 N–H and O–H groups in total. The molecule has 1 atom stereocenters. The van der Waals surface area contributed by atoms with Crippen LogP contribution in [0.5, 0.6) is 0 Å². The molecule has 1 heterocycles. The highest BCUT2D eigenvalue weighted by molar-refractivity contribution is 8.00. The highest BCUT2D eigenvalue weighted by Crippen LogP contribution is 2.61. The Hall–Kier alpha value is -0.910. The number of nitrogens with zero attached hydrogens (tertiary/aromatic N) is 4. The first-order chi connectivity index (χ1) is 11.0. The Morgan fingerprint density at radius 3 is 2.22 bits per heavy atom. The summed E-state index contributed by atoms with van der Waals surface area (Å²) in [7, 11) is 0. The second-order valence-corrected chi connectivity index (χ2v) is 9.63. The van der Waals surface area contributed by atoms with E-state index in [0.717, 1.165) is 42.2 Å². The molecule has 0 radical (unpaired) electrons. The molecule has 0 aliphatic heterocycles. The molecule has 5 rings (SSSR count). The lowest BCUT2D eigenvalue weighted by Gasteiger charge is -2.56. The Bertz CT molecular complexity index is 576. The second-order valence-electron chi connectivity index (χ2n) is 8.32. The largest absolute Gasteiger partial charge is 0.298 e. The minimum Gasteiger partial charge on any atom is -0.298 e. The van der Waals surface area contributed by atoms with Gasteiger partial charge in [0.2, 0.25) is 5.16 Å². The molecule has 1 aromatic rings. The summed E-state index contributed by atoms with van der Waals surface area (Å²) in [5, 5.41) is 12.7. The van der Waals surface area contributed by atoms with Crippen LogP contribution in [0.1, 0.15) is 65.3 Å². The molecule has 0 aromatic carbocycles. The van der Waals surface area contributed by atoms with Gasteiger partial charge < -0.3 is 0 Å². The zero-order chi connectivity index (χ0) is 16.2. The molecule has 4 saturated carbocycles. The van der Waals surface area contributed by atoms with Crippen molar-refractivity contribution in [2.75, 3.05) is 0 Å². The van der Waals surface area contributed by atoms with Crippen molar-refractivity contribution < 1.29 is 4.79 Å². The fraction of sp³-hybridized carbons (Fsp3) is 0.882. The molecule has 0 spiro atoms. The summed E-state index contributed by atoms with van der Waals surface area (Å²) in [5.41, 5.74) is -0.0305. The maximum atomic E-state index is 13.3. The number of hydrogen-bond donors (Lipinski definition) is 0. The summed E-state index contributed by atoms with van der Waals surface area (Å²) in [6, 6.07) is 0.217. The van der Waals surface area contributed by atoms with Crippen LogP contribution in [-0.2, 0) is 4.79 Å². The van der Waals surface area contributed by atoms with Gasteiger partial charge in [-0.3, -0.25) is 4.79 Å². The van der Waals surface area contributed by atoms with Crippen LogP contribution in [0, 0.1) is 23.2 Å². The topological polar surface area (TPSA) is 60.7 Å². The van der Waals surface area contributed by atoms with Gasteiger partial charge in [-0.05, 0) is 87.5 Å². The van der Waals surface area contributed by atoms with Crippen LogP contribution >= 0.6 is 11.8 Å². The average molecular weight is 334 g/mol. The van der Waals surface area contributed by atoms with Gasteiger partial charge in [-0.25, -0.2) is 4.68 Å². The minimum absolute atomic E-state index is 0.0305. The normalized spacial score (nSPS) is 36.6. The molecule has 6 heteroatoms. The smallest absolute Gasteiger partial charge is 0.210 e. The lowest BCUT2D eigenvalue weighted by Crippen LogP contribution is -2.51. The zero-order valence-electron chi connectivity index (χ0n) is 14.2. The van der Waals surface area contributed by atoms with Crippen LogP contribution in [0.25, 0.3) is 0 Å². The second kappa shape index (κ2) is 5.57. The van der Waals surface area contributed by atoms with Crippen molar-refractivity contribution >= 4 is 17.5 Å². The van der Waals surface area contributed by atoms with E-state index in [4.69, 9.17) is 0 Å². The minimum atomic E-state index is -0.0604. The Morgan fingerprint density at radius 2 is 1.70 bits per heavy atom. The van der Waals surface area contributed by atoms with E-state index in [1.54, 1.807) is 0 Å². The van der Waals surface area contributed by atoms with Crippen molar-refractivity contribution in [2.24, 2.45) is 23.2 Å². The number of carbonyl (C=O) groups is 1. The van der Waals surface area contributed by atoms with Crippen LogP contribution < -0.4 is 0 Å². The van der Waals surface area contributed by atoms with Crippen molar-refractivity contribution in [3.8, 4) is 0 Å². The highest BCUT2D eigenvalue weighted by Gasteiger charge is 2.55. The number of hydrogen-bond acceptors (Lipinski definition) is 5. The Morgan fingerprint density at radius 1 is 1.13 bits per heavy atom. The summed E-state index contributed by atoms with van der Waals surface area (Å²) in [6.07, 6.45) is 7.53. The van der Waals surface area contributed by atoms with Crippen molar-refractivity contribution in [1.82, 2.24) is 20.2 Å². The third-order valence-electron chi connectivity index (χ3n) is 6.16. The maximum absolute atomic E-state index is 13.3. The molecule has 23 heavy (non-hydrogen) atoms. The molecule has 126 valence electrons. The van der Waals surface area contributed by atoms with Crippen LogP contribution in [0.3, 0.4) is 0 Å². The summed E-state index contributed by atoms with van der Waals surface area (Å²) in [6.45, 7) is 6.17. The Kier molecular flexibility index (Phi) is 3.78. The molecule has 4 fully saturated rings. The highest BCUT2D eigenvalue weighted by atomic mass is 32.2. The molecule has 0 amide bonds. The number of rotatable bonds is 5. The number of thioether (sulfide) groups is 1. The third kappa shape index (κ3) is 2.63. The lowest BCUT2D eigenvalue weighted by atomic mass is 9.48. The molecule has 4 aliphatic rings. The van der Waals surface area contributed by atoms with Crippen LogP contribution in [0.4, 0.5) is 0 Å². The number of carbonyl (C=O) groups excluding carboxylic acids is 1. The van der Waals surface area contributed by atoms with Gasteiger partial charge in [0.15, 0.2) is 5.78 Å². The summed E-state index contributed by atoms with van der Waals surface area (Å²) in [4.78, 5) is 13.3. The van der Waals surface area contributed by atoms with Crippen molar-refractivity contribution in [2.45, 2.75) is 75.7 Å². The van der Waals surface area contributed by atoms with Gasteiger partial charge >= 0.3 is 0 Å². The maximum Gasteiger partial charge on any atom is 0.210 e. The van der Waals surface area contributed by atoms with Gasteiger partial charge in [0.25, 0.3) is 0 Å². The number of Topliss-reactive ketones (excluding diaryl/α,β-unsaturated/α-hetero) is 1. The quantitative estimate of drug-likeness (QED) is 0.771. The number of aromatic nitrogens is 4. The monoisotopic (exact) mass is 334 g/mol. The lowest BCUT2D eigenvalue weighted by molar-refractivity contribution is -0.143. The molecular formula is C17H26N4OS. The van der Waals surface area contributed by atoms with Crippen LogP contribution in [0.2, 0.25) is 0 Å². The summed E-state index contributed by atoms with van der Waals surface area (Å²) >= 11 is 1.54. The molecule has 5 nitrogen and oxygen atoms in total. The fourth-order valence-corrected chi connectivity index (χ4v) is 6.75. The molecule has 4 bridgehead atoms. The van der Waals surface area contributed by atoms with Crippen molar-refractivity contribution in [1.29, 1.82) is 0 Å². The van der Waals surface area contributed by atoms with E-state index in [-0.39, 0.29) is 16.7 Å². The van der Waals surface area contributed by atoms with Crippen LogP contribution in [0.15, 0.2) is 5.16 Å². The fourth-order valence-electron chi connectivity index (χ4n) is 5.64. The van der Waals surface area contributed by atoms with Crippen molar-refractivity contribution in [3.05, 3.63) is 0 Å². The van der Waals surface area contributed by atoms with E-state index in [2.05, 4.69) is 29.4 Å². The SMILES string of the molecule is CC(C)n1nnnc1S[C@H](C)C(=O)C12CC3CC(CC(C3)C1)C2. The van der Waals surface area contributed by atoms with Crippen LogP contribution in [-0.4, -0.2) is 31.2 Å². The van der Waals surface area contributed by atoms with E-state index in [1.807, 2.05) is 11.6 Å². The standard InChI is InChI=1S/C17H26N4OS/c1-10(2)21-16(18-19-20-21)23-11(3)15(22)17-7-12-4-13(8-17)6-14(5-12)9-17/h10-14H,4-9H2,1-3H3/t11-,12?,13?,14?,17?/m1/s1. The summed E-state index contributed by atoms with van der Waals surface area (Å²) < 4.78 is 1.81. The van der Waals surface area contributed by atoms with Gasteiger partial charge in [-0.2, -0.15) is 0 Å². The summed E-state index contributed by atoms with van der Waals surface area (Å²) in [5.74, 6) is 2.88. The van der Waals surface area contributed by atoms with E-state index < -0.39 is 0 Å². The molecule has 1 aromatic heterocycles. The van der Waals surface area contributed by atoms with E-state index >= 15 is 0 Å². The van der Waals surface area contributed by atoms with Gasteiger partial charge in [0, 0.05) is 5.41 Å². The van der Waals surface area contributed by atoms with Gasteiger partial charge in [0.1, 0.15) is 0 Å². The molecule has 0 saturated heterocycles. The van der Waals surface area contributed by atoms with Gasteiger partial charge in [-0.15, -0.1) is 5.10 Å². The predicted octanol–water partition coefficient (Wildman–Crippen LogP) is 3.52. The van der Waals surface area contributed by atoms with E-state index in [1.165, 1.54) is 31.0 Å². The predicted molar refractivity (Wildman–Crippen MR) is 89.1 cm³/mol. The van der Waals surface area contributed by atoms with Gasteiger partial charge in [-0.1, -0.05) is 11.8 Å². The first-order valence-electron chi connectivity index (χ1n) is 8.95. The van der Waals surface area contributed by atoms with Crippen molar-refractivity contribution in [3.63, 3.8) is 0 Å². The molecular weight excluding hydrogens is 308 g/mol. The molecule has 0 unspecified atom stereocenters. The van der Waals surface area contributed by atoms with Gasteiger partial charge in [0.05, 0.1) is 11.3 Å². The number of tetrazole rings is 1. The van der Waals surface area contributed by atoms with E-state index in [0.29, 0.717) is 5.78 Å². The number of ketones is 1. The Balaban J connectivity index is 1.51. The average Bonchev–Trinajstić information content (AvgIpc) is 2.93.